The summed E-state index contributed by atoms with van der Waals surface area (Å²) in [6.07, 6.45) is 5.44. The molecule has 0 aliphatic carbocycles. The Hall–Kier alpha value is -3.17. The summed E-state index contributed by atoms with van der Waals surface area (Å²) in [5.41, 5.74) is 7.73. The number of aliphatic hydroxyl groups is 1. The normalized spacial score (nSPS) is 15.3. The molecule has 9 heteroatoms. The number of aliphatic hydroxyl groups excluding tert-OH is 1. The van der Waals surface area contributed by atoms with E-state index in [9.17, 15) is 5.11 Å². The Morgan fingerprint density at radius 3 is 2.87 bits per heavy atom. The number of anilines is 1. The zero-order valence-corrected chi connectivity index (χ0v) is 16.6. The van der Waals surface area contributed by atoms with Crippen LogP contribution in [0.15, 0.2) is 41.1 Å². The summed E-state index contributed by atoms with van der Waals surface area (Å²) in [6, 6.07) is 7.49. The lowest BCUT2D eigenvalue weighted by Crippen LogP contribution is -2.35. The fourth-order valence-corrected chi connectivity index (χ4v) is 3.92. The fourth-order valence-electron chi connectivity index (χ4n) is 3.92. The lowest BCUT2D eigenvalue weighted by molar-refractivity contribution is 0.203. The first kappa shape index (κ1) is 18.8. The summed E-state index contributed by atoms with van der Waals surface area (Å²) in [5, 5.41) is 14.9. The summed E-state index contributed by atoms with van der Waals surface area (Å²) in [6.45, 7) is 2.81. The van der Waals surface area contributed by atoms with Gasteiger partial charge in [-0.2, -0.15) is 0 Å². The van der Waals surface area contributed by atoms with Crippen LogP contribution in [0.4, 0.5) is 5.82 Å². The molecule has 5 rings (SSSR count). The van der Waals surface area contributed by atoms with Crippen molar-refractivity contribution in [2.45, 2.75) is 12.8 Å². The van der Waals surface area contributed by atoms with Crippen LogP contribution in [0.25, 0.3) is 28.1 Å². The number of rotatable bonds is 6. The lowest BCUT2D eigenvalue weighted by Gasteiger charge is -2.32. The first-order chi connectivity index (χ1) is 14.8. The Morgan fingerprint density at radius 2 is 2.07 bits per heavy atom. The summed E-state index contributed by atoms with van der Waals surface area (Å²) in [4.78, 5) is 11.3. The van der Waals surface area contributed by atoms with Gasteiger partial charge in [-0.1, -0.05) is 0 Å². The molecule has 1 fully saturated rings. The van der Waals surface area contributed by atoms with E-state index in [1.54, 1.807) is 23.0 Å². The number of furan rings is 1. The van der Waals surface area contributed by atoms with Crippen molar-refractivity contribution < 1.29 is 14.3 Å². The highest BCUT2D eigenvalue weighted by Gasteiger charge is 2.23. The molecule has 1 aliphatic heterocycles. The number of ether oxygens (including phenoxy) is 1. The first-order valence-corrected chi connectivity index (χ1v) is 10.2. The second-order valence-electron chi connectivity index (χ2n) is 7.49. The van der Waals surface area contributed by atoms with E-state index in [-0.39, 0.29) is 6.61 Å². The molecule has 156 valence electrons. The van der Waals surface area contributed by atoms with E-state index in [1.807, 2.05) is 18.2 Å². The molecule has 0 amide bonds. The van der Waals surface area contributed by atoms with Gasteiger partial charge in [-0.25, -0.2) is 14.5 Å². The minimum absolute atomic E-state index is 0.250. The molecule has 1 aliphatic rings. The number of hydrogen-bond acceptors (Lipinski definition) is 8. The van der Waals surface area contributed by atoms with E-state index in [1.165, 1.54) is 0 Å². The Labute approximate surface area is 173 Å². The number of pyridine rings is 1. The smallest absolute Gasteiger partial charge is 0.231 e. The van der Waals surface area contributed by atoms with Gasteiger partial charge < -0.3 is 24.9 Å². The zero-order valence-electron chi connectivity index (χ0n) is 16.6. The van der Waals surface area contributed by atoms with Crippen molar-refractivity contribution in [1.29, 1.82) is 0 Å². The van der Waals surface area contributed by atoms with Gasteiger partial charge in [0.25, 0.3) is 0 Å². The topological polar surface area (TPSA) is 115 Å². The van der Waals surface area contributed by atoms with Gasteiger partial charge in [0.2, 0.25) is 5.88 Å². The van der Waals surface area contributed by atoms with Crippen LogP contribution in [0.5, 0.6) is 5.88 Å². The third-order valence-corrected chi connectivity index (χ3v) is 5.55. The number of nitrogens with zero attached hydrogens (tertiary/aromatic N) is 5. The van der Waals surface area contributed by atoms with Gasteiger partial charge in [-0.05, 0) is 37.0 Å². The monoisotopic (exact) mass is 408 g/mol. The number of imidazole rings is 1. The lowest BCUT2D eigenvalue weighted by atomic mass is 9.98. The molecule has 4 aromatic heterocycles. The number of aromatic nitrogens is 4. The van der Waals surface area contributed by atoms with Crippen molar-refractivity contribution in [2.24, 2.45) is 11.7 Å². The molecule has 0 bridgehead atoms. The summed E-state index contributed by atoms with van der Waals surface area (Å²) in [5.74, 6) is 2.44. The van der Waals surface area contributed by atoms with Gasteiger partial charge in [-0.15, -0.1) is 5.10 Å². The number of nitrogens with two attached hydrogens (primary N) is 1. The minimum atomic E-state index is 0.250. The van der Waals surface area contributed by atoms with Gasteiger partial charge in [-0.3, -0.25) is 0 Å². The number of hydrogen-bond donors (Lipinski definition) is 2. The van der Waals surface area contributed by atoms with Crippen LogP contribution >= 0.6 is 0 Å². The van der Waals surface area contributed by atoms with Crippen molar-refractivity contribution >= 4 is 22.4 Å². The van der Waals surface area contributed by atoms with Crippen molar-refractivity contribution in [1.82, 2.24) is 19.6 Å². The van der Waals surface area contributed by atoms with Gasteiger partial charge in [0, 0.05) is 38.5 Å². The standard InChI is InChI=1S/C21H24N6O3/c22-6-10-29-20-2-1-19-24-12-16(27(19)25-20)18-11-15-17(30-18)3-7-23-21(15)26-8-4-14(13-28)5-9-26/h1-3,7,11-12,14,28H,4-6,8-10,13,22H2. The highest BCUT2D eigenvalue weighted by atomic mass is 16.5. The first-order valence-electron chi connectivity index (χ1n) is 10.2. The Morgan fingerprint density at radius 1 is 1.20 bits per heavy atom. The Bertz CT molecular complexity index is 1160. The molecule has 5 heterocycles. The molecular weight excluding hydrogens is 384 g/mol. The van der Waals surface area contributed by atoms with E-state index in [0.717, 1.165) is 48.4 Å². The average Bonchev–Trinajstić information content (AvgIpc) is 3.41. The largest absolute Gasteiger partial charge is 0.475 e. The van der Waals surface area contributed by atoms with Crippen LogP contribution in [-0.2, 0) is 0 Å². The quantitative estimate of drug-likeness (QED) is 0.498. The molecule has 0 radical (unpaired) electrons. The number of piperidine rings is 1. The Balaban J connectivity index is 1.51. The van der Waals surface area contributed by atoms with Crippen molar-refractivity contribution in [3.8, 4) is 17.3 Å². The Kier molecular flexibility index (Phi) is 4.97. The molecule has 9 nitrogen and oxygen atoms in total. The van der Waals surface area contributed by atoms with Crippen LogP contribution in [0, 0.1) is 5.92 Å². The zero-order chi connectivity index (χ0) is 20.5. The molecule has 0 saturated carbocycles. The van der Waals surface area contributed by atoms with Gasteiger partial charge in [0.1, 0.15) is 23.7 Å². The van der Waals surface area contributed by atoms with Crippen molar-refractivity contribution in [3.05, 3.63) is 36.7 Å². The van der Waals surface area contributed by atoms with Gasteiger partial charge >= 0.3 is 0 Å². The molecule has 30 heavy (non-hydrogen) atoms. The maximum Gasteiger partial charge on any atom is 0.231 e. The van der Waals surface area contributed by atoms with Crippen LogP contribution in [0.3, 0.4) is 0 Å². The van der Waals surface area contributed by atoms with Crippen molar-refractivity contribution in [2.75, 3.05) is 37.7 Å². The molecule has 1 saturated heterocycles. The molecule has 4 aromatic rings. The molecule has 0 spiro atoms. The SMILES string of the molecule is NCCOc1ccc2ncc(-c3cc4c(N5CCC(CO)CC5)nccc4o3)n2n1. The molecule has 3 N–H and O–H groups in total. The highest BCUT2D eigenvalue weighted by molar-refractivity contribution is 5.92. The maximum atomic E-state index is 9.40. The maximum absolute atomic E-state index is 9.40. The van der Waals surface area contributed by atoms with Crippen LogP contribution in [0.2, 0.25) is 0 Å². The highest BCUT2D eigenvalue weighted by Crippen LogP contribution is 2.34. The number of fused-ring (bicyclic) bond motifs is 2. The molecule has 0 atom stereocenters. The van der Waals surface area contributed by atoms with E-state index >= 15 is 0 Å². The average molecular weight is 408 g/mol. The van der Waals surface area contributed by atoms with E-state index in [2.05, 4.69) is 20.0 Å². The van der Waals surface area contributed by atoms with E-state index in [0.29, 0.717) is 36.4 Å². The predicted molar refractivity (Wildman–Crippen MR) is 113 cm³/mol. The molecular formula is C21H24N6O3. The van der Waals surface area contributed by atoms with Gasteiger partial charge in [0.15, 0.2) is 11.4 Å². The van der Waals surface area contributed by atoms with Crippen molar-refractivity contribution in [3.63, 3.8) is 0 Å². The third-order valence-electron chi connectivity index (χ3n) is 5.55. The van der Waals surface area contributed by atoms with Crippen LogP contribution in [-0.4, -0.2) is 57.5 Å². The summed E-state index contributed by atoms with van der Waals surface area (Å²) < 4.78 is 13.4. The third kappa shape index (κ3) is 3.35. The summed E-state index contributed by atoms with van der Waals surface area (Å²) in [7, 11) is 0. The predicted octanol–water partition coefficient (Wildman–Crippen LogP) is 2.08. The van der Waals surface area contributed by atoms with E-state index in [4.69, 9.17) is 14.9 Å². The summed E-state index contributed by atoms with van der Waals surface area (Å²) >= 11 is 0. The molecule has 0 unspecified atom stereocenters. The minimum Gasteiger partial charge on any atom is -0.475 e. The van der Waals surface area contributed by atoms with Crippen LogP contribution in [0.1, 0.15) is 12.8 Å². The second kappa shape index (κ2) is 7.92. The van der Waals surface area contributed by atoms with Crippen LogP contribution < -0.4 is 15.4 Å². The van der Waals surface area contributed by atoms with Gasteiger partial charge in [0.05, 0.1) is 11.6 Å². The molecule has 0 aromatic carbocycles. The second-order valence-corrected chi connectivity index (χ2v) is 7.49. The van der Waals surface area contributed by atoms with E-state index < -0.39 is 0 Å². The fraction of sp³-hybridized carbons (Fsp3) is 0.381.